The van der Waals surface area contributed by atoms with Crippen molar-refractivity contribution in [1.29, 1.82) is 0 Å². The third-order valence-electron chi connectivity index (χ3n) is 5.19. The van der Waals surface area contributed by atoms with Crippen molar-refractivity contribution in [2.24, 2.45) is 5.73 Å². The lowest BCUT2D eigenvalue weighted by Gasteiger charge is -2.21. The minimum Gasteiger partial charge on any atom is -0.507 e. The molecule has 0 radical (unpaired) electrons. The van der Waals surface area contributed by atoms with E-state index in [0.29, 0.717) is 25.2 Å². The lowest BCUT2D eigenvalue weighted by atomic mass is 9.69. The van der Waals surface area contributed by atoms with Crippen molar-refractivity contribution in [1.82, 2.24) is 10.2 Å². The van der Waals surface area contributed by atoms with Crippen LogP contribution in [0.3, 0.4) is 0 Å². The molecule has 2 aromatic rings. The number of nitrogens with zero attached hydrogens (tertiary/aromatic N) is 1. The number of carboxylic acids is 1. The minimum atomic E-state index is -1.81. The highest BCUT2D eigenvalue weighted by atomic mass is 16.4. The highest BCUT2D eigenvalue weighted by Gasteiger charge is 2.26. The number of para-hydroxylation sites is 1. The van der Waals surface area contributed by atoms with Gasteiger partial charge in [-0.15, -0.1) is 0 Å². The lowest BCUT2D eigenvalue weighted by molar-refractivity contribution is -0.129. The van der Waals surface area contributed by atoms with Crippen LogP contribution in [-0.4, -0.2) is 69.7 Å². The van der Waals surface area contributed by atoms with Crippen molar-refractivity contribution in [3.63, 3.8) is 0 Å². The van der Waals surface area contributed by atoms with Crippen LogP contribution in [0, 0.1) is 0 Å². The van der Waals surface area contributed by atoms with E-state index >= 15 is 0 Å². The zero-order valence-electron chi connectivity index (χ0n) is 18.3. The Hall–Kier alpha value is -3.41. The molecule has 0 aliphatic heterocycles. The quantitative estimate of drug-likeness (QED) is 0.260. The molecule has 1 atom stereocenters. The number of nitrogens with two attached hydrogens (primary N) is 1. The van der Waals surface area contributed by atoms with Gasteiger partial charge >= 0.3 is 13.1 Å². The number of benzene rings is 2. The molecule has 33 heavy (non-hydrogen) atoms. The smallest absolute Gasteiger partial charge is 0.456 e. The monoisotopic (exact) mass is 457 g/mol. The van der Waals surface area contributed by atoms with E-state index in [9.17, 15) is 29.5 Å². The molecule has 0 heterocycles. The van der Waals surface area contributed by atoms with Gasteiger partial charge in [-0.05, 0) is 35.7 Å². The van der Waals surface area contributed by atoms with Crippen LogP contribution in [-0.2, 0) is 17.8 Å². The van der Waals surface area contributed by atoms with Crippen molar-refractivity contribution in [3.05, 3.63) is 64.7 Å². The first kappa shape index (κ1) is 25.9. The fourth-order valence-electron chi connectivity index (χ4n) is 3.35. The lowest BCUT2D eigenvalue weighted by Crippen LogP contribution is -2.35. The molecule has 0 aromatic heterocycles. The molecule has 11 heteroatoms. The first-order valence-corrected chi connectivity index (χ1v) is 10.4. The van der Waals surface area contributed by atoms with Crippen molar-refractivity contribution in [2.75, 3.05) is 19.6 Å². The number of carbonyl (C=O) groups excluding carboxylic acids is 2. The van der Waals surface area contributed by atoms with E-state index in [-0.39, 0.29) is 30.0 Å². The Kier molecular flexibility index (Phi) is 9.40. The molecule has 0 unspecified atom stereocenters. The second-order valence-corrected chi connectivity index (χ2v) is 7.64. The van der Waals surface area contributed by atoms with E-state index < -0.39 is 30.6 Å². The first-order valence-electron chi connectivity index (χ1n) is 10.4. The maximum Gasteiger partial charge on any atom is 0.456 e. The molecule has 0 fully saturated rings. The van der Waals surface area contributed by atoms with E-state index in [1.165, 1.54) is 25.1 Å². The number of amides is 2. The summed E-state index contributed by atoms with van der Waals surface area (Å²) in [6.07, 6.45) is -0.0718. The second kappa shape index (κ2) is 12.0. The summed E-state index contributed by atoms with van der Waals surface area (Å²) in [7, 11) is -1.81. The predicted molar refractivity (Wildman–Crippen MR) is 122 cm³/mol. The molecule has 10 nitrogen and oxygen atoms in total. The maximum absolute atomic E-state index is 12.6. The third-order valence-corrected chi connectivity index (χ3v) is 5.19. The van der Waals surface area contributed by atoms with Gasteiger partial charge in [0.05, 0.1) is 0 Å². The molecule has 2 rings (SSSR count). The van der Waals surface area contributed by atoms with Crippen LogP contribution in [0.4, 0.5) is 0 Å². The number of rotatable bonds is 11. The molecule has 0 aliphatic rings. The van der Waals surface area contributed by atoms with Crippen LogP contribution in [0.2, 0.25) is 5.82 Å². The number of phenols is 1. The summed E-state index contributed by atoms with van der Waals surface area (Å²) in [5, 5.41) is 41.4. The second-order valence-electron chi connectivity index (χ2n) is 7.64. The number of carbonyl (C=O) groups is 3. The molecule has 2 aromatic carbocycles. The van der Waals surface area contributed by atoms with Gasteiger partial charge in [-0.3, -0.25) is 9.59 Å². The number of aromatic hydroxyl groups is 1. The van der Waals surface area contributed by atoms with Crippen LogP contribution < -0.4 is 11.1 Å². The molecule has 0 saturated heterocycles. The zero-order valence-corrected chi connectivity index (χ0v) is 18.3. The van der Waals surface area contributed by atoms with Crippen molar-refractivity contribution in [3.8, 4) is 5.75 Å². The van der Waals surface area contributed by atoms with Crippen molar-refractivity contribution >= 4 is 24.9 Å². The molecular formula is C22H28BN3O7. The Bertz CT molecular complexity index is 1000. The Labute approximate surface area is 191 Å². The summed E-state index contributed by atoms with van der Waals surface area (Å²) in [5.74, 6) is -3.25. The molecule has 2 amide bonds. The fourth-order valence-corrected chi connectivity index (χ4v) is 3.35. The average molecular weight is 457 g/mol. The number of aromatic carboxylic acids is 1. The fraction of sp³-hybridized carbons (Fsp3) is 0.318. The Morgan fingerprint density at radius 1 is 1.15 bits per heavy atom. The van der Waals surface area contributed by atoms with Crippen LogP contribution in [0.25, 0.3) is 0 Å². The molecule has 176 valence electrons. The summed E-state index contributed by atoms with van der Waals surface area (Å²) >= 11 is 0. The number of hydrogen-bond donors (Lipinski definition) is 6. The molecule has 7 N–H and O–H groups in total. The summed E-state index contributed by atoms with van der Waals surface area (Å²) in [4.78, 5) is 37.1. The van der Waals surface area contributed by atoms with Crippen molar-refractivity contribution in [2.45, 2.75) is 25.7 Å². The number of carboxylic acid groups (broad SMARTS) is 1. The van der Waals surface area contributed by atoms with Crippen LogP contribution >= 0.6 is 0 Å². The molecule has 0 bridgehead atoms. The maximum atomic E-state index is 12.6. The first-order chi connectivity index (χ1) is 15.6. The van der Waals surface area contributed by atoms with E-state index in [2.05, 4.69) is 5.32 Å². The van der Waals surface area contributed by atoms with Gasteiger partial charge in [-0.1, -0.05) is 24.3 Å². The summed E-state index contributed by atoms with van der Waals surface area (Å²) < 4.78 is 0. The zero-order chi connectivity index (χ0) is 24.5. The van der Waals surface area contributed by atoms with Gasteiger partial charge in [0.15, 0.2) is 0 Å². The van der Waals surface area contributed by atoms with E-state index in [1.807, 2.05) is 0 Å². The highest BCUT2D eigenvalue weighted by molar-refractivity contribution is 6.43. The van der Waals surface area contributed by atoms with Gasteiger partial charge in [-0.25, -0.2) is 4.79 Å². The van der Waals surface area contributed by atoms with Gasteiger partial charge in [-0.2, -0.15) is 0 Å². The van der Waals surface area contributed by atoms with E-state index in [0.717, 1.165) is 5.56 Å². The van der Waals surface area contributed by atoms with Crippen LogP contribution in [0.5, 0.6) is 5.75 Å². The Morgan fingerprint density at radius 2 is 1.85 bits per heavy atom. The SMILES string of the molecule is CC(=O)N(CCN)Cc1cccc(C(=O)NC[C@@H](Cc2cccc(C(=O)O)c2O)B(O)O)c1. The van der Waals surface area contributed by atoms with Crippen LogP contribution in [0.15, 0.2) is 42.5 Å². The normalized spacial score (nSPS) is 11.5. The summed E-state index contributed by atoms with van der Waals surface area (Å²) in [6.45, 7) is 2.30. The Balaban J connectivity index is 2.08. The largest absolute Gasteiger partial charge is 0.507 e. The Morgan fingerprint density at radius 3 is 2.45 bits per heavy atom. The third kappa shape index (κ3) is 7.31. The van der Waals surface area contributed by atoms with Gasteiger partial charge in [0.25, 0.3) is 5.91 Å². The highest BCUT2D eigenvalue weighted by Crippen LogP contribution is 2.27. The molecule has 0 aliphatic carbocycles. The molecule has 0 spiro atoms. The van der Waals surface area contributed by atoms with E-state index in [1.54, 1.807) is 29.2 Å². The van der Waals surface area contributed by atoms with Crippen molar-refractivity contribution < 1.29 is 34.6 Å². The predicted octanol–water partition coefficient (Wildman–Crippen LogP) is 0.213. The summed E-state index contributed by atoms with van der Waals surface area (Å²) in [5.41, 5.74) is 6.52. The number of nitrogens with one attached hydrogen (secondary N) is 1. The molecular weight excluding hydrogens is 429 g/mol. The standard InChI is InChI=1S/C22H28BN3O7/c1-14(27)26(9-8-24)13-15-4-2-6-17(10-15)21(29)25-12-18(23(32)33)11-16-5-3-7-19(20(16)28)22(30)31/h2-7,10,18,28,32-33H,8-9,11-13,24H2,1H3,(H,25,29)(H,30,31)/t18-/m1/s1. The van der Waals surface area contributed by atoms with Gasteiger partial charge < -0.3 is 36.2 Å². The average Bonchev–Trinajstić information content (AvgIpc) is 2.76. The van der Waals surface area contributed by atoms with Crippen LogP contribution in [0.1, 0.15) is 38.8 Å². The van der Waals surface area contributed by atoms with Gasteiger partial charge in [0, 0.05) is 44.5 Å². The molecule has 0 saturated carbocycles. The topological polar surface area (TPSA) is 173 Å². The van der Waals surface area contributed by atoms with Gasteiger partial charge in [0.1, 0.15) is 11.3 Å². The van der Waals surface area contributed by atoms with E-state index in [4.69, 9.17) is 10.8 Å². The summed E-state index contributed by atoms with van der Waals surface area (Å²) in [6, 6.07) is 10.8. The number of hydrogen-bond acceptors (Lipinski definition) is 7. The minimum absolute atomic E-state index is 0.0718. The van der Waals surface area contributed by atoms with Gasteiger partial charge in [0.2, 0.25) is 5.91 Å².